The van der Waals surface area contributed by atoms with Crippen molar-refractivity contribution in [2.24, 2.45) is 11.7 Å². The number of carbonyl (C=O) groups is 2. The van der Waals surface area contributed by atoms with E-state index in [0.29, 0.717) is 18.5 Å². The molecule has 0 aliphatic heterocycles. The third-order valence-electron chi connectivity index (χ3n) is 3.96. The number of hydrogen-bond donors (Lipinski definition) is 4. The summed E-state index contributed by atoms with van der Waals surface area (Å²) < 4.78 is 0. The fourth-order valence-electron chi connectivity index (χ4n) is 2.30. The van der Waals surface area contributed by atoms with Gasteiger partial charge in [-0.1, -0.05) is 48.5 Å². The van der Waals surface area contributed by atoms with Crippen LogP contribution in [0.15, 0.2) is 48.5 Å². The normalized spacial score (nSPS) is 11.6. The van der Waals surface area contributed by atoms with E-state index in [2.05, 4.69) is 5.32 Å². The molecule has 25 heavy (non-hydrogen) atoms. The molecule has 2 rings (SSSR count). The van der Waals surface area contributed by atoms with Crippen LogP contribution >= 0.6 is 0 Å². The fraction of sp³-hybridized carbons (Fsp3) is 0.211. The second-order valence-corrected chi connectivity index (χ2v) is 5.79. The first-order chi connectivity index (χ1) is 11.9. The molecule has 1 unspecified atom stereocenters. The van der Waals surface area contributed by atoms with Gasteiger partial charge in [0.25, 0.3) is 0 Å². The minimum atomic E-state index is -1.13. The van der Waals surface area contributed by atoms with Crippen molar-refractivity contribution in [3.8, 4) is 11.1 Å². The van der Waals surface area contributed by atoms with E-state index >= 15 is 0 Å². The highest BCUT2D eigenvalue weighted by Gasteiger charge is 2.19. The minimum Gasteiger partial charge on any atom is -0.481 e. The van der Waals surface area contributed by atoms with Crippen molar-refractivity contribution in [3.63, 3.8) is 0 Å². The van der Waals surface area contributed by atoms with E-state index in [1.165, 1.54) is 6.92 Å². The Hall–Kier alpha value is -3.15. The summed E-state index contributed by atoms with van der Waals surface area (Å²) in [5.74, 6) is -2.60. The van der Waals surface area contributed by atoms with Crippen molar-refractivity contribution in [3.05, 3.63) is 59.7 Å². The maximum Gasteiger partial charge on any atom is 0.315 e. The lowest BCUT2D eigenvalue weighted by Gasteiger charge is -2.09. The lowest BCUT2D eigenvalue weighted by Crippen LogP contribution is -2.34. The summed E-state index contributed by atoms with van der Waals surface area (Å²) in [6, 6.07) is 15.4. The molecule has 0 aromatic heterocycles. The van der Waals surface area contributed by atoms with Gasteiger partial charge in [-0.25, -0.2) is 0 Å². The van der Waals surface area contributed by atoms with Crippen LogP contribution in [0.25, 0.3) is 11.1 Å². The SMILES string of the molecule is CC(C(=O)O)C(=O)NCCc1ccc(-c2ccc(C(=N)N)cc2)cc1. The molecule has 0 fully saturated rings. The van der Waals surface area contributed by atoms with E-state index in [1.807, 2.05) is 48.5 Å². The van der Waals surface area contributed by atoms with Crippen LogP contribution in [0.2, 0.25) is 0 Å². The number of benzene rings is 2. The molecule has 130 valence electrons. The zero-order valence-electron chi connectivity index (χ0n) is 14.0. The number of nitrogens with one attached hydrogen (secondary N) is 2. The number of carboxylic acid groups (broad SMARTS) is 1. The van der Waals surface area contributed by atoms with Gasteiger partial charge in [-0.05, 0) is 30.0 Å². The number of hydrogen-bond acceptors (Lipinski definition) is 3. The van der Waals surface area contributed by atoms with Crippen LogP contribution in [0.3, 0.4) is 0 Å². The van der Waals surface area contributed by atoms with Gasteiger partial charge in [-0.2, -0.15) is 0 Å². The number of carbonyl (C=O) groups excluding carboxylic acids is 1. The van der Waals surface area contributed by atoms with Crippen LogP contribution in [0, 0.1) is 11.3 Å². The molecule has 0 heterocycles. The number of nitrogen functional groups attached to an aromatic ring is 1. The number of carboxylic acids is 1. The number of rotatable bonds is 7. The molecule has 6 heteroatoms. The zero-order valence-corrected chi connectivity index (χ0v) is 14.0. The van der Waals surface area contributed by atoms with Crippen LogP contribution < -0.4 is 11.1 Å². The van der Waals surface area contributed by atoms with Crippen molar-refractivity contribution in [1.29, 1.82) is 5.41 Å². The van der Waals surface area contributed by atoms with E-state index < -0.39 is 17.8 Å². The summed E-state index contributed by atoms with van der Waals surface area (Å²) in [5, 5.41) is 18.8. The summed E-state index contributed by atoms with van der Waals surface area (Å²) in [5.41, 5.74) is 9.25. The Morgan fingerprint density at radius 2 is 1.60 bits per heavy atom. The molecule has 0 bridgehead atoms. The molecule has 2 aromatic rings. The Morgan fingerprint density at radius 1 is 1.08 bits per heavy atom. The molecule has 0 saturated heterocycles. The van der Waals surface area contributed by atoms with Gasteiger partial charge in [0.1, 0.15) is 11.8 Å². The van der Waals surface area contributed by atoms with Crippen LogP contribution in [-0.4, -0.2) is 29.4 Å². The van der Waals surface area contributed by atoms with Gasteiger partial charge in [0.2, 0.25) is 5.91 Å². The lowest BCUT2D eigenvalue weighted by molar-refractivity contribution is -0.146. The molecular weight excluding hydrogens is 318 g/mol. The number of aliphatic carboxylic acids is 1. The van der Waals surface area contributed by atoms with Crippen molar-refractivity contribution >= 4 is 17.7 Å². The first-order valence-corrected chi connectivity index (χ1v) is 7.93. The summed E-state index contributed by atoms with van der Waals surface area (Å²) >= 11 is 0. The van der Waals surface area contributed by atoms with Crippen LogP contribution in [0.5, 0.6) is 0 Å². The Bertz CT molecular complexity index is 768. The topological polar surface area (TPSA) is 116 Å². The third kappa shape index (κ3) is 4.91. The highest BCUT2D eigenvalue weighted by Crippen LogP contribution is 2.20. The largest absolute Gasteiger partial charge is 0.481 e. The Balaban J connectivity index is 1.92. The van der Waals surface area contributed by atoms with Crippen LogP contribution in [0.4, 0.5) is 0 Å². The van der Waals surface area contributed by atoms with E-state index in [4.69, 9.17) is 16.2 Å². The average Bonchev–Trinajstić information content (AvgIpc) is 2.61. The molecule has 1 amide bonds. The Morgan fingerprint density at radius 3 is 2.08 bits per heavy atom. The number of nitrogens with two attached hydrogens (primary N) is 1. The quantitative estimate of drug-likeness (QED) is 0.351. The van der Waals surface area contributed by atoms with Gasteiger partial charge >= 0.3 is 5.97 Å². The van der Waals surface area contributed by atoms with Crippen LogP contribution in [0.1, 0.15) is 18.1 Å². The third-order valence-corrected chi connectivity index (χ3v) is 3.96. The molecule has 6 nitrogen and oxygen atoms in total. The average molecular weight is 339 g/mol. The molecule has 0 saturated carbocycles. The summed E-state index contributed by atoms with van der Waals surface area (Å²) in [6.07, 6.45) is 0.627. The minimum absolute atomic E-state index is 0.0427. The molecule has 5 N–H and O–H groups in total. The Kier molecular flexibility index (Phi) is 5.89. The summed E-state index contributed by atoms with van der Waals surface area (Å²) in [7, 11) is 0. The number of amidine groups is 1. The van der Waals surface area contributed by atoms with Crippen molar-refractivity contribution < 1.29 is 14.7 Å². The Labute approximate surface area is 146 Å². The molecule has 0 spiro atoms. The predicted octanol–water partition coefficient (Wildman–Crippen LogP) is 2.02. The zero-order chi connectivity index (χ0) is 18.4. The van der Waals surface area contributed by atoms with Gasteiger partial charge < -0.3 is 16.2 Å². The van der Waals surface area contributed by atoms with Gasteiger partial charge in [0, 0.05) is 12.1 Å². The van der Waals surface area contributed by atoms with E-state index in [9.17, 15) is 9.59 Å². The van der Waals surface area contributed by atoms with E-state index in [-0.39, 0.29) is 5.84 Å². The molecule has 0 aliphatic carbocycles. The molecule has 1 atom stereocenters. The maximum atomic E-state index is 11.6. The van der Waals surface area contributed by atoms with E-state index in [1.54, 1.807) is 0 Å². The summed E-state index contributed by atoms with van der Waals surface area (Å²) in [4.78, 5) is 22.3. The van der Waals surface area contributed by atoms with Gasteiger partial charge in [0.15, 0.2) is 0 Å². The van der Waals surface area contributed by atoms with Crippen molar-refractivity contribution in [2.75, 3.05) is 6.54 Å². The molecule has 0 aliphatic rings. The first-order valence-electron chi connectivity index (χ1n) is 7.93. The van der Waals surface area contributed by atoms with E-state index in [0.717, 1.165) is 16.7 Å². The predicted molar refractivity (Wildman–Crippen MR) is 96.4 cm³/mol. The smallest absolute Gasteiger partial charge is 0.315 e. The molecule has 0 radical (unpaired) electrons. The summed E-state index contributed by atoms with van der Waals surface area (Å²) in [6.45, 7) is 1.76. The van der Waals surface area contributed by atoms with Crippen molar-refractivity contribution in [1.82, 2.24) is 5.32 Å². The molecular formula is C19H21N3O3. The maximum absolute atomic E-state index is 11.6. The molecule has 2 aromatic carbocycles. The monoisotopic (exact) mass is 339 g/mol. The highest BCUT2D eigenvalue weighted by molar-refractivity contribution is 5.96. The highest BCUT2D eigenvalue weighted by atomic mass is 16.4. The second kappa shape index (κ2) is 8.10. The van der Waals surface area contributed by atoms with Crippen LogP contribution in [-0.2, 0) is 16.0 Å². The second-order valence-electron chi connectivity index (χ2n) is 5.79. The standard InChI is InChI=1S/C19H21N3O3/c1-12(19(24)25)18(23)22-11-10-13-2-4-14(5-3-13)15-6-8-16(9-7-15)17(20)21/h2-9,12H,10-11H2,1H3,(H3,20,21)(H,22,23)(H,24,25). The van der Waals surface area contributed by atoms with Gasteiger partial charge in [0.05, 0.1) is 0 Å². The van der Waals surface area contributed by atoms with Gasteiger partial charge in [-0.15, -0.1) is 0 Å². The lowest BCUT2D eigenvalue weighted by atomic mass is 10.0. The van der Waals surface area contributed by atoms with Crippen molar-refractivity contribution in [2.45, 2.75) is 13.3 Å². The fourth-order valence-corrected chi connectivity index (χ4v) is 2.30. The van der Waals surface area contributed by atoms with Gasteiger partial charge in [-0.3, -0.25) is 15.0 Å². The number of amides is 1. The first kappa shape index (κ1) is 18.2.